The van der Waals surface area contributed by atoms with E-state index in [0.717, 1.165) is 0 Å². The zero-order valence-corrected chi connectivity index (χ0v) is 7.27. The normalized spacial score (nSPS) is 19.0. The fourth-order valence-corrected chi connectivity index (χ4v) is 0.867. The van der Waals surface area contributed by atoms with Gasteiger partial charge in [-0.2, -0.15) is 0 Å². The van der Waals surface area contributed by atoms with Gasteiger partial charge in [-0.3, -0.25) is 4.90 Å². The maximum atomic E-state index is 5.19. The topological polar surface area (TPSA) is 40.0 Å². The first-order valence-electron chi connectivity index (χ1n) is 3.83. The third kappa shape index (κ3) is 2.51. The standard InChI is InChI=1S/C5H10B3NO3/c1-4-7-10-6(3)11-8(12-7)9-5-2/h4-5H,1H2,2-3H3. The van der Waals surface area contributed by atoms with E-state index in [-0.39, 0.29) is 7.12 Å². The molecular weight excluding hydrogens is 154 g/mol. The van der Waals surface area contributed by atoms with Crippen LogP contribution in [0.5, 0.6) is 0 Å². The van der Waals surface area contributed by atoms with Crippen molar-refractivity contribution in [3.63, 3.8) is 0 Å². The Morgan fingerprint density at radius 2 is 2.08 bits per heavy atom. The lowest BCUT2D eigenvalue weighted by molar-refractivity contribution is 0.294. The second-order valence-electron chi connectivity index (χ2n) is 2.29. The average molecular weight is 165 g/mol. The molecule has 62 valence electrons. The predicted octanol–water partition coefficient (Wildman–Crippen LogP) is 0.457. The van der Waals surface area contributed by atoms with E-state index in [9.17, 15) is 0 Å². The highest BCUT2D eigenvalue weighted by Gasteiger charge is 2.36. The number of hydrogen-bond acceptors (Lipinski definition) is 4. The van der Waals surface area contributed by atoms with Crippen molar-refractivity contribution in [1.82, 2.24) is 0 Å². The lowest BCUT2D eigenvalue weighted by Crippen LogP contribution is -2.46. The van der Waals surface area contributed by atoms with Gasteiger partial charge in [0.15, 0.2) is 0 Å². The molecule has 1 aliphatic heterocycles. The zero-order chi connectivity index (χ0) is 8.97. The molecule has 1 rings (SSSR count). The highest BCUT2D eigenvalue weighted by molar-refractivity contribution is 6.74. The average Bonchev–Trinajstić information content (AvgIpc) is 2.04. The molecule has 7 heteroatoms. The summed E-state index contributed by atoms with van der Waals surface area (Å²) in [5.74, 6) is 1.57. The van der Waals surface area contributed by atoms with Gasteiger partial charge in [0.1, 0.15) is 0 Å². The third-order valence-electron chi connectivity index (χ3n) is 1.35. The number of rotatable bonds is 2. The summed E-state index contributed by atoms with van der Waals surface area (Å²) in [6, 6.07) is 0. The largest absolute Gasteiger partial charge is 0.584 e. The van der Waals surface area contributed by atoms with Crippen LogP contribution in [0.15, 0.2) is 17.5 Å². The van der Waals surface area contributed by atoms with Crippen LogP contribution in [0, 0.1) is 0 Å². The summed E-state index contributed by atoms with van der Waals surface area (Å²) in [7, 11) is -1.31. The summed E-state index contributed by atoms with van der Waals surface area (Å²) in [5.41, 5.74) is 0. The Morgan fingerprint density at radius 1 is 1.33 bits per heavy atom. The summed E-state index contributed by atoms with van der Waals surface area (Å²) in [6.45, 7) is 7.15. The van der Waals surface area contributed by atoms with Crippen molar-refractivity contribution < 1.29 is 13.7 Å². The molecular formula is C5H10B3NO3. The minimum absolute atomic E-state index is 0.310. The Morgan fingerprint density at radius 3 is 2.67 bits per heavy atom. The van der Waals surface area contributed by atoms with Crippen LogP contribution in [0.4, 0.5) is 0 Å². The van der Waals surface area contributed by atoms with Crippen LogP contribution in [-0.4, -0.2) is 27.7 Å². The molecule has 0 spiro atoms. The van der Waals surface area contributed by atoms with Gasteiger partial charge in [0.05, 0.1) is 0 Å². The highest BCUT2D eigenvalue weighted by Crippen LogP contribution is 2.08. The minimum Gasteiger partial charge on any atom is -0.449 e. The van der Waals surface area contributed by atoms with Crippen molar-refractivity contribution in [2.75, 3.05) is 0 Å². The lowest BCUT2D eigenvalue weighted by atomic mass is 9.76. The Balaban J connectivity index is 2.50. The summed E-state index contributed by atoms with van der Waals surface area (Å²) in [4.78, 5) is 3.94. The van der Waals surface area contributed by atoms with Gasteiger partial charge in [-0.25, -0.2) is 0 Å². The van der Waals surface area contributed by atoms with E-state index in [2.05, 4.69) is 11.5 Å². The smallest absolute Gasteiger partial charge is 0.449 e. The fourth-order valence-electron chi connectivity index (χ4n) is 0.867. The van der Waals surface area contributed by atoms with Crippen LogP contribution < -0.4 is 0 Å². The van der Waals surface area contributed by atoms with E-state index in [4.69, 9.17) is 13.7 Å². The van der Waals surface area contributed by atoms with Crippen LogP contribution in [0.2, 0.25) is 6.82 Å². The van der Waals surface area contributed by atoms with E-state index >= 15 is 0 Å². The Kier molecular flexibility index (Phi) is 3.59. The van der Waals surface area contributed by atoms with Crippen LogP contribution >= 0.6 is 0 Å². The fraction of sp³-hybridized carbons (Fsp3) is 0.400. The molecule has 12 heavy (non-hydrogen) atoms. The van der Waals surface area contributed by atoms with E-state index in [1.54, 1.807) is 25.9 Å². The first-order chi connectivity index (χ1) is 5.76. The molecule has 0 unspecified atom stereocenters. The summed E-state index contributed by atoms with van der Waals surface area (Å²) < 4.78 is 15.5. The molecule has 0 amide bonds. The molecule has 1 saturated heterocycles. The Bertz CT molecular complexity index is 189. The molecule has 4 nitrogen and oxygen atoms in total. The predicted molar refractivity (Wildman–Crippen MR) is 50.7 cm³/mol. The summed E-state index contributed by atoms with van der Waals surface area (Å²) in [6.07, 6.45) is 1.63. The van der Waals surface area contributed by atoms with Crippen molar-refractivity contribution >= 4 is 27.7 Å². The maximum absolute atomic E-state index is 5.19. The molecule has 0 bridgehead atoms. The van der Waals surface area contributed by atoms with Crippen molar-refractivity contribution in [1.29, 1.82) is 0 Å². The molecule has 0 radical (unpaired) electrons. The Labute approximate surface area is 73.4 Å². The summed E-state index contributed by atoms with van der Waals surface area (Å²) in [5, 5.41) is 0. The molecule has 0 saturated carbocycles. The molecule has 0 aromatic carbocycles. The number of hydrogen-bond donors (Lipinski definition) is 0. The highest BCUT2D eigenvalue weighted by atomic mass is 16.7. The zero-order valence-electron chi connectivity index (χ0n) is 7.27. The van der Waals surface area contributed by atoms with Gasteiger partial charge in [0, 0.05) is 0 Å². The SMILES string of the molecule is C=CB1OB(C)OB(N=CC)O1. The quantitative estimate of drug-likeness (QED) is 0.440. The maximum Gasteiger partial charge on any atom is 0.584 e. The van der Waals surface area contributed by atoms with Crippen LogP contribution in [-0.2, 0) is 13.7 Å². The summed E-state index contributed by atoms with van der Waals surface area (Å²) >= 11 is 0. The van der Waals surface area contributed by atoms with E-state index in [0.29, 0.717) is 0 Å². The van der Waals surface area contributed by atoms with Gasteiger partial charge in [-0.15, -0.1) is 6.58 Å². The molecule has 1 fully saturated rings. The van der Waals surface area contributed by atoms with Crippen LogP contribution in [0.25, 0.3) is 0 Å². The third-order valence-corrected chi connectivity index (χ3v) is 1.35. The van der Waals surface area contributed by atoms with Gasteiger partial charge in [-0.1, -0.05) is 5.98 Å². The van der Waals surface area contributed by atoms with Crippen LogP contribution in [0.1, 0.15) is 6.92 Å². The molecule has 1 aliphatic rings. The second kappa shape index (κ2) is 4.50. The molecule has 0 aliphatic carbocycles. The molecule has 0 N–H and O–H groups in total. The number of nitrogens with zero attached hydrogens (tertiary/aromatic N) is 1. The molecule has 0 aromatic rings. The van der Waals surface area contributed by atoms with Gasteiger partial charge >= 0.3 is 21.5 Å². The van der Waals surface area contributed by atoms with Crippen molar-refractivity contribution in [3.8, 4) is 0 Å². The van der Waals surface area contributed by atoms with Gasteiger partial charge in [0.2, 0.25) is 0 Å². The molecule has 0 atom stereocenters. The van der Waals surface area contributed by atoms with Gasteiger partial charge in [-0.05, 0) is 20.0 Å². The van der Waals surface area contributed by atoms with Crippen LogP contribution in [0.3, 0.4) is 0 Å². The first-order valence-corrected chi connectivity index (χ1v) is 3.83. The van der Waals surface area contributed by atoms with Crippen molar-refractivity contribution in [2.24, 2.45) is 4.90 Å². The van der Waals surface area contributed by atoms with E-state index in [1.807, 2.05) is 0 Å². The van der Waals surface area contributed by atoms with E-state index in [1.165, 1.54) is 0 Å². The van der Waals surface area contributed by atoms with E-state index < -0.39 is 14.4 Å². The van der Waals surface area contributed by atoms with Crippen molar-refractivity contribution in [3.05, 3.63) is 12.6 Å². The Hall–Kier alpha value is -0.515. The molecule has 1 heterocycles. The monoisotopic (exact) mass is 165 g/mol. The van der Waals surface area contributed by atoms with Crippen molar-refractivity contribution in [2.45, 2.75) is 13.7 Å². The minimum atomic E-state index is -0.568. The second-order valence-corrected chi connectivity index (χ2v) is 2.29. The van der Waals surface area contributed by atoms with Gasteiger partial charge < -0.3 is 13.7 Å². The van der Waals surface area contributed by atoms with Gasteiger partial charge in [0.25, 0.3) is 0 Å². The molecule has 0 aromatic heterocycles. The first kappa shape index (κ1) is 9.57. The lowest BCUT2D eigenvalue weighted by Gasteiger charge is -2.24.